The number of hydrogen-bond acceptors (Lipinski definition) is 2. The number of benzene rings is 1. The normalized spacial score (nSPS) is 18.5. The molecule has 106 valence electrons. The van der Waals surface area contributed by atoms with Gasteiger partial charge < -0.3 is 5.32 Å². The zero-order valence-corrected chi connectivity index (χ0v) is 13.7. The Morgan fingerprint density at radius 2 is 2.11 bits per heavy atom. The lowest BCUT2D eigenvalue weighted by Gasteiger charge is -2.24. The standard InChI is InChI=1S/C15H21BrFNS/c1-18-15(10-19-12-5-3-2-4-6-12)13-9-11(16)7-8-14(13)17/h7-9,12,15,18H,2-6,10H2,1H3. The molecule has 4 heteroatoms. The topological polar surface area (TPSA) is 12.0 Å². The number of nitrogens with one attached hydrogen (secondary N) is 1. The first kappa shape index (κ1) is 15.3. The second-order valence-electron chi connectivity index (χ2n) is 5.10. The van der Waals surface area contributed by atoms with Crippen molar-refractivity contribution in [1.82, 2.24) is 5.32 Å². The van der Waals surface area contributed by atoms with E-state index in [1.807, 2.05) is 24.9 Å². The molecule has 0 spiro atoms. The third kappa shape index (κ3) is 4.47. The van der Waals surface area contributed by atoms with E-state index >= 15 is 0 Å². The summed E-state index contributed by atoms with van der Waals surface area (Å²) in [5, 5.41) is 4.01. The van der Waals surface area contributed by atoms with Crippen molar-refractivity contribution in [2.24, 2.45) is 0 Å². The van der Waals surface area contributed by atoms with E-state index in [9.17, 15) is 4.39 Å². The van der Waals surface area contributed by atoms with Crippen molar-refractivity contribution in [3.8, 4) is 0 Å². The van der Waals surface area contributed by atoms with Gasteiger partial charge in [-0.25, -0.2) is 4.39 Å². The third-order valence-corrected chi connectivity index (χ3v) is 5.69. The Morgan fingerprint density at radius 3 is 2.79 bits per heavy atom. The zero-order chi connectivity index (χ0) is 13.7. The Labute approximate surface area is 127 Å². The summed E-state index contributed by atoms with van der Waals surface area (Å²) in [6, 6.07) is 5.26. The minimum absolute atomic E-state index is 0.0874. The van der Waals surface area contributed by atoms with E-state index < -0.39 is 0 Å². The molecule has 1 atom stereocenters. The van der Waals surface area contributed by atoms with E-state index in [-0.39, 0.29) is 11.9 Å². The van der Waals surface area contributed by atoms with E-state index in [1.165, 1.54) is 38.2 Å². The third-order valence-electron chi connectivity index (χ3n) is 3.73. The van der Waals surface area contributed by atoms with E-state index in [1.54, 1.807) is 6.07 Å². The highest BCUT2D eigenvalue weighted by Gasteiger charge is 2.19. The minimum Gasteiger partial charge on any atom is -0.312 e. The lowest BCUT2D eigenvalue weighted by atomic mass is 10.0. The molecule has 1 aromatic carbocycles. The van der Waals surface area contributed by atoms with Gasteiger partial charge >= 0.3 is 0 Å². The van der Waals surface area contributed by atoms with Crippen LogP contribution in [0, 0.1) is 5.82 Å². The Balaban J connectivity index is 1.97. The molecule has 2 rings (SSSR count). The zero-order valence-electron chi connectivity index (χ0n) is 11.3. The average molecular weight is 346 g/mol. The van der Waals surface area contributed by atoms with Crippen LogP contribution in [0.15, 0.2) is 22.7 Å². The van der Waals surface area contributed by atoms with Crippen LogP contribution in [0.1, 0.15) is 43.7 Å². The van der Waals surface area contributed by atoms with Gasteiger partial charge in [0.15, 0.2) is 0 Å². The molecule has 0 saturated heterocycles. The van der Waals surface area contributed by atoms with Crippen LogP contribution in [0.4, 0.5) is 4.39 Å². The van der Waals surface area contributed by atoms with Crippen molar-refractivity contribution in [3.05, 3.63) is 34.1 Å². The molecule has 1 nitrogen and oxygen atoms in total. The summed E-state index contributed by atoms with van der Waals surface area (Å²) in [4.78, 5) is 0. The Morgan fingerprint density at radius 1 is 1.37 bits per heavy atom. The van der Waals surface area contributed by atoms with Crippen molar-refractivity contribution in [2.75, 3.05) is 12.8 Å². The summed E-state index contributed by atoms with van der Waals surface area (Å²) in [6.45, 7) is 0. The SMILES string of the molecule is CNC(CSC1CCCCC1)c1cc(Br)ccc1F. The van der Waals surface area contributed by atoms with Crippen molar-refractivity contribution in [2.45, 2.75) is 43.4 Å². The smallest absolute Gasteiger partial charge is 0.128 e. The van der Waals surface area contributed by atoms with Gasteiger partial charge in [-0.1, -0.05) is 35.2 Å². The summed E-state index contributed by atoms with van der Waals surface area (Å²) < 4.78 is 14.8. The van der Waals surface area contributed by atoms with Crippen LogP contribution in [-0.2, 0) is 0 Å². The molecule has 0 radical (unpaired) electrons. The molecular weight excluding hydrogens is 325 g/mol. The molecule has 1 aliphatic rings. The quantitative estimate of drug-likeness (QED) is 0.813. The molecule has 0 bridgehead atoms. The number of thioether (sulfide) groups is 1. The minimum atomic E-state index is -0.119. The van der Waals surface area contributed by atoms with Crippen LogP contribution in [0.2, 0.25) is 0 Å². The number of rotatable bonds is 5. The first-order valence-corrected chi connectivity index (χ1v) is 8.78. The van der Waals surface area contributed by atoms with Gasteiger partial charge in [0, 0.05) is 27.1 Å². The van der Waals surface area contributed by atoms with Crippen molar-refractivity contribution in [1.29, 1.82) is 0 Å². The van der Waals surface area contributed by atoms with Crippen LogP contribution in [0.3, 0.4) is 0 Å². The molecule has 1 N–H and O–H groups in total. The second kappa shape index (κ2) is 7.65. The molecule has 1 aromatic rings. The highest BCUT2D eigenvalue weighted by molar-refractivity contribution is 9.10. The number of hydrogen-bond donors (Lipinski definition) is 1. The van der Waals surface area contributed by atoms with Crippen molar-refractivity contribution >= 4 is 27.7 Å². The molecule has 0 aliphatic heterocycles. The van der Waals surface area contributed by atoms with E-state index in [0.29, 0.717) is 0 Å². The van der Waals surface area contributed by atoms with Crippen molar-refractivity contribution < 1.29 is 4.39 Å². The maximum atomic E-state index is 13.9. The van der Waals surface area contributed by atoms with Crippen molar-refractivity contribution in [3.63, 3.8) is 0 Å². The first-order chi connectivity index (χ1) is 9.20. The molecule has 1 aliphatic carbocycles. The molecule has 0 heterocycles. The summed E-state index contributed by atoms with van der Waals surface area (Å²) >= 11 is 5.42. The predicted octanol–water partition coefficient (Wildman–Crippen LogP) is 4.91. The molecule has 1 saturated carbocycles. The predicted molar refractivity (Wildman–Crippen MR) is 85.2 cm³/mol. The number of halogens is 2. The monoisotopic (exact) mass is 345 g/mol. The Bertz CT molecular complexity index is 407. The molecule has 1 unspecified atom stereocenters. The lowest BCUT2D eigenvalue weighted by molar-refractivity contribution is 0.514. The van der Waals surface area contributed by atoms with Gasteiger partial charge in [0.2, 0.25) is 0 Å². The van der Waals surface area contributed by atoms with Crippen LogP contribution >= 0.6 is 27.7 Å². The summed E-state index contributed by atoms with van der Waals surface area (Å²) in [7, 11) is 1.91. The maximum Gasteiger partial charge on any atom is 0.128 e. The van der Waals surface area contributed by atoms with E-state index in [4.69, 9.17) is 0 Å². The molecule has 0 aromatic heterocycles. The highest BCUT2D eigenvalue weighted by atomic mass is 79.9. The molecule has 19 heavy (non-hydrogen) atoms. The first-order valence-electron chi connectivity index (χ1n) is 6.94. The fraction of sp³-hybridized carbons (Fsp3) is 0.600. The largest absolute Gasteiger partial charge is 0.312 e. The summed E-state index contributed by atoms with van der Waals surface area (Å²) in [5.41, 5.74) is 0.764. The highest BCUT2D eigenvalue weighted by Crippen LogP contribution is 2.32. The van der Waals surface area contributed by atoms with Gasteiger partial charge in [-0.3, -0.25) is 0 Å². The van der Waals surface area contributed by atoms with Crippen LogP contribution < -0.4 is 5.32 Å². The Kier molecular flexibility index (Phi) is 6.17. The molecule has 0 amide bonds. The maximum absolute atomic E-state index is 13.9. The van der Waals surface area contributed by atoms with E-state index in [2.05, 4.69) is 21.2 Å². The van der Waals surface area contributed by atoms with Crippen LogP contribution in [-0.4, -0.2) is 18.1 Å². The summed E-state index contributed by atoms with van der Waals surface area (Å²) in [6.07, 6.45) is 6.73. The molecule has 1 fully saturated rings. The van der Waals surface area contributed by atoms with Gasteiger partial charge in [-0.2, -0.15) is 11.8 Å². The summed E-state index contributed by atoms with van der Waals surface area (Å²) in [5.74, 6) is 0.820. The molecular formula is C15H21BrFNS. The van der Waals surface area contributed by atoms with Gasteiger partial charge in [-0.05, 0) is 38.1 Å². The van der Waals surface area contributed by atoms with Crippen LogP contribution in [0.5, 0.6) is 0 Å². The van der Waals surface area contributed by atoms with Gasteiger partial charge in [-0.15, -0.1) is 0 Å². The average Bonchev–Trinajstić information content (AvgIpc) is 2.44. The van der Waals surface area contributed by atoms with Gasteiger partial charge in [0.25, 0.3) is 0 Å². The second-order valence-corrected chi connectivity index (χ2v) is 7.35. The Hall–Kier alpha value is -0.0600. The fourth-order valence-electron chi connectivity index (χ4n) is 2.57. The van der Waals surface area contributed by atoms with E-state index in [0.717, 1.165) is 21.0 Å². The van der Waals surface area contributed by atoms with Gasteiger partial charge in [0.05, 0.1) is 0 Å². The fourth-order valence-corrected chi connectivity index (χ4v) is 4.43. The van der Waals surface area contributed by atoms with Gasteiger partial charge in [0.1, 0.15) is 5.82 Å². The lowest BCUT2D eigenvalue weighted by Crippen LogP contribution is -2.22. The van der Waals surface area contributed by atoms with Crippen LogP contribution in [0.25, 0.3) is 0 Å².